The van der Waals surface area contributed by atoms with Crippen LogP contribution in [0.1, 0.15) is 18.2 Å². The Hall–Kier alpha value is -3.46. The molecule has 2 aromatic carbocycles. The molecule has 0 saturated carbocycles. The molecule has 0 atom stereocenters. The van der Waals surface area contributed by atoms with E-state index in [0.29, 0.717) is 18.2 Å². The van der Waals surface area contributed by atoms with E-state index in [-0.39, 0.29) is 27.7 Å². The number of hydrogen-bond acceptors (Lipinski definition) is 5. The van der Waals surface area contributed by atoms with Gasteiger partial charge in [-0.2, -0.15) is 5.10 Å². The summed E-state index contributed by atoms with van der Waals surface area (Å²) in [6.07, 6.45) is 4.81. The van der Waals surface area contributed by atoms with Crippen LogP contribution in [0.2, 0.25) is 0 Å². The molecule has 9 heteroatoms. The van der Waals surface area contributed by atoms with Crippen molar-refractivity contribution in [3.05, 3.63) is 98.6 Å². The predicted octanol–water partition coefficient (Wildman–Crippen LogP) is 4.72. The standard InChI is InChI=1S/C23H17BrF2N4O2/c1-2-32-17-12-27-23(28-13-17)15-5-3-4-14(8-15)9-20-21(31)6-7-30(29-20)16-10-18(25)22(24)19(26)11-16/h3-8,10-13H,2,9H2,1H3. The van der Waals surface area contributed by atoms with Crippen LogP contribution in [0.4, 0.5) is 8.78 Å². The maximum atomic E-state index is 13.9. The lowest BCUT2D eigenvalue weighted by molar-refractivity contribution is 0.337. The summed E-state index contributed by atoms with van der Waals surface area (Å²) in [6, 6.07) is 11.0. The Kier molecular flexibility index (Phi) is 6.36. The number of hydrogen-bond donors (Lipinski definition) is 0. The average molecular weight is 499 g/mol. The molecule has 0 N–H and O–H groups in total. The molecule has 0 radical (unpaired) electrons. The number of ether oxygens (including phenoxy) is 1. The first-order chi connectivity index (χ1) is 15.4. The van der Waals surface area contributed by atoms with Crippen LogP contribution in [0.5, 0.6) is 5.75 Å². The highest BCUT2D eigenvalue weighted by atomic mass is 79.9. The fraction of sp³-hybridized carbons (Fsp3) is 0.130. The zero-order valence-electron chi connectivity index (χ0n) is 16.9. The quantitative estimate of drug-likeness (QED) is 0.359. The second kappa shape index (κ2) is 9.35. The minimum absolute atomic E-state index is 0.168. The zero-order valence-corrected chi connectivity index (χ0v) is 18.5. The summed E-state index contributed by atoms with van der Waals surface area (Å²) in [6.45, 7) is 2.41. The van der Waals surface area contributed by atoms with Gasteiger partial charge in [-0.05, 0) is 34.5 Å². The van der Waals surface area contributed by atoms with E-state index in [4.69, 9.17) is 4.74 Å². The summed E-state index contributed by atoms with van der Waals surface area (Å²) in [5.41, 5.74) is 1.72. The minimum atomic E-state index is -0.759. The first-order valence-electron chi connectivity index (χ1n) is 9.72. The summed E-state index contributed by atoms with van der Waals surface area (Å²) >= 11 is 2.85. The third kappa shape index (κ3) is 4.72. The molecule has 162 valence electrons. The van der Waals surface area contributed by atoms with Crippen LogP contribution in [0.25, 0.3) is 17.1 Å². The third-order valence-electron chi connectivity index (χ3n) is 4.61. The van der Waals surface area contributed by atoms with Crippen molar-refractivity contribution in [1.82, 2.24) is 19.7 Å². The highest BCUT2D eigenvalue weighted by molar-refractivity contribution is 9.10. The second-order valence-corrected chi connectivity index (χ2v) is 7.64. The summed E-state index contributed by atoms with van der Waals surface area (Å²) in [7, 11) is 0. The van der Waals surface area contributed by atoms with Crippen LogP contribution in [-0.4, -0.2) is 26.4 Å². The van der Waals surface area contributed by atoms with Crippen LogP contribution in [0, 0.1) is 11.6 Å². The lowest BCUT2D eigenvalue weighted by atomic mass is 10.1. The van der Waals surface area contributed by atoms with Gasteiger partial charge in [0.05, 0.1) is 29.2 Å². The minimum Gasteiger partial charge on any atom is -0.491 e. The average Bonchev–Trinajstić information content (AvgIpc) is 2.79. The molecule has 4 aromatic rings. The van der Waals surface area contributed by atoms with Crippen molar-refractivity contribution in [2.24, 2.45) is 0 Å². The van der Waals surface area contributed by atoms with Gasteiger partial charge in [-0.1, -0.05) is 18.2 Å². The molecule has 0 saturated heterocycles. The molecule has 0 amide bonds. The zero-order chi connectivity index (χ0) is 22.7. The Labute approximate surface area is 190 Å². The lowest BCUT2D eigenvalue weighted by Gasteiger charge is -2.09. The van der Waals surface area contributed by atoms with Gasteiger partial charge < -0.3 is 4.74 Å². The molecule has 0 aliphatic heterocycles. The van der Waals surface area contributed by atoms with Crippen molar-refractivity contribution in [3.8, 4) is 22.8 Å². The van der Waals surface area contributed by atoms with E-state index < -0.39 is 11.6 Å². The molecule has 0 fully saturated rings. The molecule has 0 bridgehead atoms. The summed E-state index contributed by atoms with van der Waals surface area (Å²) in [5.74, 6) is -0.410. The van der Waals surface area contributed by atoms with Gasteiger partial charge in [0, 0.05) is 36.4 Å². The largest absolute Gasteiger partial charge is 0.491 e. The monoisotopic (exact) mass is 498 g/mol. The SMILES string of the molecule is CCOc1cnc(-c2cccc(Cc3nn(-c4cc(F)c(Br)c(F)c4)ccc3=O)c2)nc1. The molecule has 0 aliphatic rings. The Morgan fingerprint density at radius 3 is 2.47 bits per heavy atom. The van der Waals surface area contributed by atoms with Crippen LogP contribution in [0.15, 0.2) is 70.3 Å². The molecule has 2 aromatic heterocycles. The molecule has 0 unspecified atom stereocenters. The molecule has 0 spiro atoms. The van der Waals surface area contributed by atoms with E-state index in [9.17, 15) is 13.6 Å². The van der Waals surface area contributed by atoms with Crippen molar-refractivity contribution < 1.29 is 13.5 Å². The molecule has 4 rings (SSSR count). The van der Waals surface area contributed by atoms with Crippen LogP contribution in [-0.2, 0) is 6.42 Å². The number of rotatable bonds is 6. The highest BCUT2D eigenvalue weighted by Crippen LogP contribution is 2.23. The van der Waals surface area contributed by atoms with Crippen molar-refractivity contribution in [1.29, 1.82) is 0 Å². The Balaban J connectivity index is 1.63. The van der Waals surface area contributed by atoms with Crippen LogP contribution in [0.3, 0.4) is 0 Å². The van der Waals surface area contributed by atoms with E-state index in [1.807, 2.05) is 31.2 Å². The number of halogens is 3. The van der Waals surface area contributed by atoms with Gasteiger partial charge in [0.25, 0.3) is 0 Å². The molecule has 6 nitrogen and oxygen atoms in total. The van der Waals surface area contributed by atoms with E-state index in [1.54, 1.807) is 12.4 Å². The number of benzene rings is 2. The molecule has 0 aliphatic carbocycles. The molecule has 32 heavy (non-hydrogen) atoms. The summed E-state index contributed by atoms with van der Waals surface area (Å²) in [4.78, 5) is 21.0. The second-order valence-electron chi connectivity index (χ2n) is 6.85. The van der Waals surface area contributed by atoms with Gasteiger partial charge in [0.15, 0.2) is 11.6 Å². The summed E-state index contributed by atoms with van der Waals surface area (Å²) < 4.78 is 34.2. The Morgan fingerprint density at radius 2 is 1.78 bits per heavy atom. The molecule has 2 heterocycles. The van der Waals surface area contributed by atoms with Crippen molar-refractivity contribution in [2.75, 3.05) is 6.61 Å². The smallest absolute Gasteiger partial charge is 0.203 e. The summed E-state index contributed by atoms with van der Waals surface area (Å²) in [5, 5.41) is 4.29. The van der Waals surface area contributed by atoms with E-state index in [2.05, 4.69) is 31.0 Å². The topological polar surface area (TPSA) is 69.9 Å². The number of nitrogens with zero attached hydrogens (tertiary/aromatic N) is 4. The van der Waals surface area contributed by atoms with E-state index in [0.717, 1.165) is 23.3 Å². The first kappa shape index (κ1) is 21.8. The van der Waals surface area contributed by atoms with E-state index in [1.165, 1.54) is 16.9 Å². The Bertz CT molecular complexity index is 1300. The normalized spacial score (nSPS) is 10.9. The fourth-order valence-corrected chi connectivity index (χ4v) is 3.34. The van der Waals surface area contributed by atoms with Gasteiger partial charge in [0.2, 0.25) is 5.43 Å². The highest BCUT2D eigenvalue weighted by Gasteiger charge is 2.12. The fourth-order valence-electron chi connectivity index (χ4n) is 3.11. The van der Waals surface area contributed by atoms with Crippen LogP contribution >= 0.6 is 15.9 Å². The molecular formula is C23H17BrF2N4O2. The maximum Gasteiger partial charge on any atom is 0.203 e. The van der Waals surface area contributed by atoms with Gasteiger partial charge in [-0.15, -0.1) is 0 Å². The third-order valence-corrected chi connectivity index (χ3v) is 5.37. The van der Waals surface area contributed by atoms with E-state index >= 15 is 0 Å². The number of aromatic nitrogens is 4. The van der Waals surface area contributed by atoms with Gasteiger partial charge in [0.1, 0.15) is 17.3 Å². The van der Waals surface area contributed by atoms with Gasteiger partial charge in [-0.25, -0.2) is 23.4 Å². The Morgan fingerprint density at radius 1 is 1.06 bits per heavy atom. The van der Waals surface area contributed by atoms with Gasteiger partial charge >= 0.3 is 0 Å². The van der Waals surface area contributed by atoms with Crippen molar-refractivity contribution in [2.45, 2.75) is 13.3 Å². The van der Waals surface area contributed by atoms with Crippen molar-refractivity contribution in [3.63, 3.8) is 0 Å². The molecular weight excluding hydrogens is 482 g/mol. The van der Waals surface area contributed by atoms with Gasteiger partial charge in [-0.3, -0.25) is 4.79 Å². The lowest BCUT2D eigenvalue weighted by Crippen LogP contribution is -2.16. The van der Waals surface area contributed by atoms with Crippen molar-refractivity contribution >= 4 is 15.9 Å². The predicted molar refractivity (Wildman–Crippen MR) is 119 cm³/mol. The van der Waals surface area contributed by atoms with Crippen LogP contribution < -0.4 is 10.2 Å². The first-order valence-corrected chi connectivity index (χ1v) is 10.5. The maximum absolute atomic E-state index is 13.9.